The van der Waals surface area contributed by atoms with E-state index >= 15 is 0 Å². The highest BCUT2D eigenvalue weighted by Crippen LogP contribution is 2.43. The Morgan fingerprint density at radius 3 is 1.20 bits per heavy atom. The zero-order chi connectivity index (χ0) is 45.3. The highest BCUT2D eigenvalue weighted by Gasteiger charge is 2.26. The van der Waals surface area contributed by atoms with Crippen LogP contribution < -0.4 is 4.90 Å². The summed E-state index contributed by atoms with van der Waals surface area (Å²) in [6, 6.07) is 71.4. The Kier molecular flexibility index (Phi) is 11.4. The van der Waals surface area contributed by atoms with Gasteiger partial charge in [0.1, 0.15) is 0 Å². The summed E-state index contributed by atoms with van der Waals surface area (Å²) in [5.74, 6) is 1.79. The van der Waals surface area contributed by atoms with Crippen LogP contribution in [0.15, 0.2) is 200 Å². The van der Waals surface area contributed by atoms with Crippen molar-refractivity contribution in [1.82, 2.24) is 15.0 Å². The van der Waals surface area contributed by atoms with E-state index in [1.807, 2.05) is 36.4 Å². The second kappa shape index (κ2) is 17.9. The van der Waals surface area contributed by atoms with Crippen LogP contribution in [0.5, 0.6) is 0 Å². The third kappa shape index (κ3) is 8.19. The Morgan fingerprint density at radius 2 is 0.758 bits per heavy atom. The summed E-state index contributed by atoms with van der Waals surface area (Å²) in [6.45, 7) is 13.4. The van der Waals surface area contributed by atoms with E-state index in [2.05, 4.69) is 210 Å². The lowest BCUT2D eigenvalue weighted by molar-refractivity contribution is 0.919. The predicted molar refractivity (Wildman–Crippen MR) is 276 cm³/mol. The standard InChI is InChI=1S/C62H52N4/c1-40-36-42(3)56(43(4)37-40)59(57-44(5)38-41(2)39-45(57)6)49-30-34-53(35-31-49)66(62-64-60(50-20-12-8-13-21-50)63-61(65-62)51-22-14-9-15-23-51)52-32-28-47(29-33-52)55-27-17-25-48-24-16-26-54(58(48)55)46-18-10-7-11-19-46/h7-39,59H,1-6H3. The van der Waals surface area contributed by atoms with Crippen LogP contribution in [0.1, 0.15) is 56.0 Å². The number of benzene rings is 9. The van der Waals surface area contributed by atoms with Gasteiger partial charge in [-0.05, 0) is 138 Å². The zero-order valence-corrected chi connectivity index (χ0v) is 38.4. The van der Waals surface area contributed by atoms with Crippen LogP contribution in [0.25, 0.3) is 55.8 Å². The molecule has 0 amide bonds. The van der Waals surface area contributed by atoms with Gasteiger partial charge in [-0.25, -0.2) is 4.98 Å². The Hall–Kier alpha value is -7.95. The number of hydrogen-bond acceptors (Lipinski definition) is 4. The number of rotatable bonds is 10. The third-order valence-corrected chi connectivity index (χ3v) is 12.9. The third-order valence-electron chi connectivity index (χ3n) is 12.9. The topological polar surface area (TPSA) is 41.9 Å². The van der Waals surface area contributed by atoms with Crippen molar-refractivity contribution in [3.05, 3.63) is 250 Å². The minimum atomic E-state index is 0.0426. The van der Waals surface area contributed by atoms with Crippen molar-refractivity contribution < 1.29 is 0 Å². The van der Waals surface area contributed by atoms with E-state index in [0.29, 0.717) is 17.6 Å². The van der Waals surface area contributed by atoms with Gasteiger partial charge in [0.15, 0.2) is 11.6 Å². The van der Waals surface area contributed by atoms with E-state index in [1.54, 1.807) is 0 Å². The molecule has 1 heterocycles. The van der Waals surface area contributed by atoms with Crippen LogP contribution >= 0.6 is 0 Å². The second-order valence-corrected chi connectivity index (χ2v) is 17.6. The Balaban J connectivity index is 1.15. The zero-order valence-electron chi connectivity index (χ0n) is 38.4. The van der Waals surface area contributed by atoms with Crippen LogP contribution in [0, 0.1) is 41.5 Å². The normalized spacial score (nSPS) is 11.3. The number of fused-ring (bicyclic) bond motifs is 1. The molecule has 0 bridgehead atoms. The molecule has 1 aromatic heterocycles. The maximum absolute atomic E-state index is 5.27. The first kappa shape index (κ1) is 42.0. The van der Waals surface area contributed by atoms with E-state index in [4.69, 9.17) is 15.0 Å². The Bertz CT molecular complexity index is 3180. The van der Waals surface area contributed by atoms with Crippen molar-refractivity contribution >= 4 is 28.1 Å². The summed E-state index contributed by atoms with van der Waals surface area (Å²) in [5, 5.41) is 2.44. The highest BCUT2D eigenvalue weighted by atomic mass is 15.3. The number of anilines is 3. The average molecular weight is 853 g/mol. The first-order chi connectivity index (χ1) is 32.2. The van der Waals surface area contributed by atoms with E-state index in [1.165, 1.54) is 77.5 Å². The van der Waals surface area contributed by atoms with Crippen molar-refractivity contribution in [2.45, 2.75) is 47.5 Å². The maximum atomic E-state index is 5.27. The van der Waals surface area contributed by atoms with E-state index in [9.17, 15) is 0 Å². The molecule has 9 aromatic carbocycles. The highest BCUT2D eigenvalue weighted by molar-refractivity contribution is 6.06. The molecule has 0 radical (unpaired) electrons. The van der Waals surface area contributed by atoms with Crippen molar-refractivity contribution in [2.24, 2.45) is 0 Å². The molecule has 0 spiro atoms. The molecular formula is C62H52N4. The van der Waals surface area contributed by atoms with Gasteiger partial charge in [0.25, 0.3) is 0 Å². The van der Waals surface area contributed by atoms with Crippen molar-refractivity contribution in [1.29, 1.82) is 0 Å². The number of aryl methyl sites for hydroxylation is 6. The lowest BCUT2D eigenvalue weighted by Gasteiger charge is -2.28. The SMILES string of the molecule is Cc1cc(C)c(C(c2ccc(N(c3ccc(-c4cccc5cccc(-c6ccccc6)c45)cc3)c3nc(-c4ccccc4)nc(-c4ccccc4)n3)cc2)c2c(C)cc(C)cc2C)c(C)c1. The Labute approximate surface area is 389 Å². The lowest BCUT2D eigenvalue weighted by Crippen LogP contribution is -2.16. The van der Waals surface area contributed by atoms with Crippen molar-refractivity contribution in [3.8, 4) is 45.0 Å². The molecule has 0 aliphatic rings. The van der Waals surface area contributed by atoms with E-state index in [0.717, 1.165) is 28.1 Å². The first-order valence-corrected chi connectivity index (χ1v) is 22.8. The fourth-order valence-electron chi connectivity index (χ4n) is 10.1. The monoisotopic (exact) mass is 852 g/mol. The maximum Gasteiger partial charge on any atom is 0.238 e. The fourth-order valence-corrected chi connectivity index (χ4v) is 10.1. The Morgan fingerprint density at radius 1 is 0.364 bits per heavy atom. The van der Waals surface area contributed by atoms with Gasteiger partial charge in [-0.2, -0.15) is 9.97 Å². The molecular weight excluding hydrogens is 801 g/mol. The van der Waals surface area contributed by atoms with Crippen LogP contribution in [0.4, 0.5) is 17.3 Å². The molecule has 0 N–H and O–H groups in total. The van der Waals surface area contributed by atoms with Gasteiger partial charge in [0.2, 0.25) is 5.95 Å². The molecule has 0 fully saturated rings. The number of aromatic nitrogens is 3. The fraction of sp³-hybridized carbons (Fsp3) is 0.113. The van der Waals surface area contributed by atoms with Crippen LogP contribution in [0.2, 0.25) is 0 Å². The smallest absolute Gasteiger partial charge is 0.238 e. The molecule has 4 nitrogen and oxygen atoms in total. The largest absolute Gasteiger partial charge is 0.279 e. The van der Waals surface area contributed by atoms with Gasteiger partial charge in [0, 0.05) is 28.4 Å². The number of hydrogen-bond donors (Lipinski definition) is 0. The quantitative estimate of drug-likeness (QED) is 0.129. The summed E-state index contributed by atoms with van der Waals surface area (Å²) in [7, 11) is 0. The molecule has 0 aliphatic heterocycles. The summed E-state index contributed by atoms with van der Waals surface area (Å²) in [4.78, 5) is 17.8. The molecule has 4 heteroatoms. The first-order valence-electron chi connectivity index (χ1n) is 22.8. The van der Waals surface area contributed by atoms with Crippen LogP contribution in [-0.4, -0.2) is 15.0 Å². The molecule has 0 atom stereocenters. The minimum absolute atomic E-state index is 0.0426. The lowest BCUT2D eigenvalue weighted by atomic mass is 9.77. The summed E-state index contributed by atoms with van der Waals surface area (Å²) in [5.41, 5.74) is 20.2. The van der Waals surface area contributed by atoms with Gasteiger partial charge >= 0.3 is 0 Å². The molecule has 10 aromatic rings. The van der Waals surface area contributed by atoms with Crippen LogP contribution in [0.3, 0.4) is 0 Å². The molecule has 0 aliphatic carbocycles. The predicted octanol–water partition coefficient (Wildman–Crippen LogP) is 16.2. The average Bonchev–Trinajstić information content (AvgIpc) is 3.34. The van der Waals surface area contributed by atoms with Crippen molar-refractivity contribution in [3.63, 3.8) is 0 Å². The van der Waals surface area contributed by atoms with Gasteiger partial charge in [-0.1, -0.05) is 187 Å². The minimum Gasteiger partial charge on any atom is -0.279 e. The van der Waals surface area contributed by atoms with E-state index in [-0.39, 0.29) is 5.92 Å². The molecule has 10 rings (SSSR count). The van der Waals surface area contributed by atoms with Gasteiger partial charge in [0.05, 0.1) is 0 Å². The molecule has 320 valence electrons. The number of nitrogens with zero attached hydrogens (tertiary/aromatic N) is 4. The molecule has 0 saturated carbocycles. The van der Waals surface area contributed by atoms with Crippen molar-refractivity contribution in [2.75, 3.05) is 4.90 Å². The van der Waals surface area contributed by atoms with Gasteiger partial charge in [-0.3, -0.25) is 4.90 Å². The summed E-state index contributed by atoms with van der Waals surface area (Å²) < 4.78 is 0. The summed E-state index contributed by atoms with van der Waals surface area (Å²) in [6.07, 6.45) is 0. The van der Waals surface area contributed by atoms with Gasteiger partial charge in [-0.15, -0.1) is 0 Å². The van der Waals surface area contributed by atoms with Gasteiger partial charge < -0.3 is 0 Å². The molecule has 0 unspecified atom stereocenters. The molecule has 66 heavy (non-hydrogen) atoms. The van der Waals surface area contributed by atoms with E-state index < -0.39 is 0 Å². The van der Waals surface area contributed by atoms with Crippen LogP contribution in [-0.2, 0) is 0 Å². The second-order valence-electron chi connectivity index (χ2n) is 17.6. The summed E-state index contributed by atoms with van der Waals surface area (Å²) >= 11 is 0. The molecule has 0 saturated heterocycles.